The quantitative estimate of drug-likeness (QED) is 0.598. The van der Waals surface area contributed by atoms with Crippen LogP contribution >= 0.6 is 31.9 Å². The summed E-state index contributed by atoms with van der Waals surface area (Å²) in [6, 6.07) is 3.64. The van der Waals surface area contributed by atoms with Gasteiger partial charge in [-0.25, -0.2) is 0 Å². The van der Waals surface area contributed by atoms with Crippen molar-refractivity contribution >= 4 is 43.8 Å². The molecule has 4 nitrogen and oxygen atoms in total. The molecule has 0 unspecified atom stereocenters. The van der Waals surface area contributed by atoms with Gasteiger partial charge in [-0.1, -0.05) is 31.9 Å². The molecule has 0 bridgehead atoms. The van der Waals surface area contributed by atoms with E-state index in [2.05, 4.69) is 41.3 Å². The van der Waals surface area contributed by atoms with Gasteiger partial charge >= 0.3 is 11.9 Å². The lowest BCUT2D eigenvalue weighted by atomic mass is 9.98. The molecular formula is C12H12Br2O4. The number of aryl methyl sites for hydroxylation is 1. The molecule has 6 heteroatoms. The van der Waals surface area contributed by atoms with Crippen LogP contribution in [-0.4, -0.2) is 26.2 Å². The van der Waals surface area contributed by atoms with Crippen molar-refractivity contribution < 1.29 is 19.1 Å². The van der Waals surface area contributed by atoms with E-state index in [1.165, 1.54) is 14.2 Å². The molecule has 0 aliphatic heterocycles. The van der Waals surface area contributed by atoms with Gasteiger partial charge in [0.15, 0.2) is 5.92 Å². The van der Waals surface area contributed by atoms with E-state index in [0.29, 0.717) is 14.5 Å². The van der Waals surface area contributed by atoms with E-state index in [1.54, 1.807) is 0 Å². The molecule has 0 aliphatic carbocycles. The van der Waals surface area contributed by atoms with Crippen LogP contribution in [0, 0.1) is 6.92 Å². The molecule has 1 rings (SSSR count). The van der Waals surface area contributed by atoms with Crippen LogP contribution in [0.4, 0.5) is 0 Å². The van der Waals surface area contributed by atoms with Gasteiger partial charge in [0.2, 0.25) is 0 Å². The molecule has 0 saturated heterocycles. The maximum atomic E-state index is 11.7. The number of rotatable bonds is 3. The molecule has 0 saturated carbocycles. The Bertz CT molecular complexity index is 446. The Morgan fingerprint density at radius 1 is 1.06 bits per heavy atom. The van der Waals surface area contributed by atoms with Crippen molar-refractivity contribution in [2.24, 2.45) is 0 Å². The number of benzene rings is 1. The summed E-state index contributed by atoms with van der Waals surface area (Å²) < 4.78 is 10.6. The van der Waals surface area contributed by atoms with Gasteiger partial charge in [-0.05, 0) is 24.6 Å². The first kappa shape index (κ1) is 15.2. The fourth-order valence-corrected chi connectivity index (χ4v) is 3.43. The lowest BCUT2D eigenvalue weighted by Crippen LogP contribution is -2.25. The fraction of sp³-hybridized carbons (Fsp3) is 0.333. The second-order valence-electron chi connectivity index (χ2n) is 3.62. The molecule has 98 valence electrons. The Morgan fingerprint density at radius 3 is 1.78 bits per heavy atom. The fourth-order valence-electron chi connectivity index (χ4n) is 1.55. The highest BCUT2D eigenvalue weighted by Crippen LogP contribution is 2.34. The monoisotopic (exact) mass is 378 g/mol. The van der Waals surface area contributed by atoms with E-state index >= 15 is 0 Å². The average Bonchev–Trinajstić information content (AvgIpc) is 2.31. The van der Waals surface area contributed by atoms with E-state index in [9.17, 15) is 9.59 Å². The molecule has 0 atom stereocenters. The van der Waals surface area contributed by atoms with Crippen molar-refractivity contribution in [3.05, 3.63) is 32.2 Å². The van der Waals surface area contributed by atoms with Gasteiger partial charge in [-0.3, -0.25) is 9.59 Å². The SMILES string of the molecule is COC(=O)C(C(=O)OC)c1c(Br)cc(C)cc1Br. The number of carbonyl (C=O) groups is 2. The number of esters is 2. The molecule has 0 aromatic heterocycles. The van der Waals surface area contributed by atoms with E-state index in [4.69, 9.17) is 0 Å². The minimum Gasteiger partial charge on any atom is -0.468 e. The molecule has 1 aromatic rings. The van der Waals surface area contributed by atoms with Crippen LogP contribution in [0.1, 0.15) is 17.0 Å². The van der Waals surface area contributed by atoms with Gasteiger partial charge < -0.3 is 9.47 Å². The maximum absolute atomic E-state index is 11.7. The van der Waals surface area contributed by atoms with Crippen LogP contribution in [0.2, 0.25) is 0 Å². The highest BCUT2D eigenvalue weighted by atomic mass is 79.9. The molecule has 0 N–H and O–H groups in total. The molecular weight excluding hydrogens is 368 g/mol. The number of hydrogen-bond donors (Lipinski definition) is 0. The number of hydrogen-bond acceptors (Lipinski definition) is 4. The van der Waals surface area contributed by atoms with Crippen LogP contribution in [0.5, 0.6) is 0 Å². The van der Waals surface area contributed by atoms with E-state index in [0.717, 1.165) is 5.56 Å². The maximum Gasteiger partial charge on any atom is 0.324 e. The Balaban J connectivity index is 3.38. The summed E-state index contributed by atoms with van der Waals surface area (Å²) in [5, 5.41) is 0. The normalized spacial score (nSPS) is 10.3. The Hall–Kier alpha value is -0.880. The summed E-state index contributed by atoms with van der Waals surface area (Å²) >= 11 is 6.70. The van der Waals surface area contributed by atoms with Crippen LogP contribution in [0.15, 0.2) is 21.1 Å². The minimum atomic E-state index is -1.11. The highest BCUT2D eigenvalue weighted by Gasteiger charge is 2.34. The number of carbonyl (C=O) groups excluding carboxylic acids is 2. The van der Waals surface area contributed by atoms with Crippen molar-refractivity contribution in [3.8, 4) is 0 Å². The number of halogens is 2. The predicted molar refractivity (Wildman–Crippen MR) is 73.4 cm³/mol. The molecule has 18 heavy (non-hydrogen) atoms. The zero-order valence-electron chi connectivity index (χ0n) is 10.1. The first-order valence-electron chi connectivity index (χ1n) is 5.03. The molecule has 0 amide bonds. The topological polar surface area (TPSA) is 52.6 Å². The summed E-state index contributed by atoms with van der Waals surface area (Å²) in [4.78, 5) is 23.5. The van der Waals surface area contributed by atoms with Gasteiger partial charge in [0.05, 0.1) is 14.2 Å². The van der Waals surface area contributed by atoms with Crippen molar-refractivity contribution in [2.45, 2.75) is 12.8 Å². The summed E-state index contributed by atoms with van der Waals surface area (Å²) in [5.41, 5.74) is 1.49. The minimum absolute atomic E-state index is 0.499. The largest absolute Gasteiger partial charge is 0.468 e. The lowest BCUT2D eigenvalue weighted by molar-refractivity contribution is -0.154. The van der Waals surface area contributed by atoms with Crippen LogP contribution < -0.4 is 0 Å². The zero-order chi connectivity index (χ0) is 13.9. The van der Waals surface area contributed by atoms with E-state index in [1.807, 2.05) is 19.1 Å². The predicted octanol–water partition coefficient (Wildman–Crippen LogP) is 2.95. The number of ether oxygens (including phenoxy) is 2. The van der Waals surface area contributed by atoms with Crippen LogP contribution in [0.25, 0.3) is 0 Å². The molecule has 0 spiro atoms. The second kappa shape index (κ2) is 6.33. The van der Waals surface area contributed by atoms with Crippen LogP contribution in [-0.2, 0) is 19.1 Å². The van der Waals surface area contributed by atoms with Crippen molar-refractivity contribution in [2.75, 3.05) is 14.2 Å². The van der Waals surface area contributed by atoms with E-state index < -0.39 is 17.9 Å². The summed E-state index contributed by atoms with van der Waals surface area (Å²) in [5.74, 6) is -2.43. The summed E-state index contributed by atoms with van der Waals surface area (Å²) in [6.07, 6.45) is 0. The zero-order valence-corrected chi connectivity index (χ0v) is 13.3. The molecule has 0 aliphatic rings. The third-order valence-electron chi connectivity index (χ3n) is 2.39. The third-order valence-corrected chi connectivity index (χ3v) is 3.70. The first-order valence-corrected chi connectivity index (χ1v) is 6.62. The Labute approximate surface area is 122 Å². The van der Waals surface area contributed by atoms with Crippen LogP contribution in [0.3, 0.4) is 0 Å². The van der Waals surface area contributed by atoms with Gasteiger partial charge in [0.25, 0.3) is 0 Å². The van der Waals surface area contributed by atoms with E-state index in [-0.39, 0.29) is 0 Å². The molecule has 1 aromatic carbocycles. The lowest BCUT2D eigenvalue weighted by Gasteiger charge is -2.16. The highest BCUT2D eigenvalue weighted by molar-refractivity contribution is 9.11. The van der Waals surface area contributed by atoms with Crippen molar-refractivity contribution in [1.82, 2.24) is 0 Å². The first-order chi connectivity index (χ1) is 8.42. The smallest absolute Gasteiger partial charge is 0.324 e. The molecule has 0 radical (unpaired) electrons. The molecule has 0 heterocycles. The van der Waals surface area contributed by atoms with Gasteiger partial charge in [0.1, 0.15) is 0 Å². The van der Waals surface area contributed by atoms with Gasteiger partial charge in [-0.15, -0.1) is 0 Å². The second-order valence-corrected chi connectivity index (χ2v) is 5.33. The summed E-state index contributed by atoms with van der Waals surface area (Å²) in [7, 11) is 2.46. The van der Waals surface area contributed by atoms with Gasteiger partial charge in [0, 0.05) is 14.5 Å². The Kier molecular flexibility index (Phi) is 5.34. The standard InChI is InChI=1S/C12H12Br2O4/c1-6-4-7(13)9(8(14)5-6)10(11(15)17-2)12(16)18-3/h4-5,10H,1-3H3. The van der Waals surface area contributed by atoms with Crippen molar-refractivity contribution in [3.63, 3.8) is 0 Å². The number of methoxy groups -OCH3 is 2. The summed E-state index contributed by atoms with van der Waals surface area (Å²) in [6.45, 7) is 1.91. The third kappa shape index (κ3) is 3.11. The van der Waals surface area contributed by atoms with Gasteiger partial charge in [-0.2, -0.15) is 0 Å². The van der Waals surface area contributed by atoms with Crippen molar-refractivity contribution in [1.29, 1.82) is 0 Å². The Morgan fingerprint density at radius 2 is 1.44 bits per heavy atom. The average molecular weight is 380 g/mol. The molecule has 0 fully saturated rings.